The topological polar surface area (TPSA) is 67.3 Å². The lowest BCUT2D eigenvalue weighted by atomic mass is 10.2. The van der Waals surface area contributed by atoms with Gasteiger partial charge in [0, 0.05) is 0 Å². The number of ether oxygens (including phenoxy) is 1. The van der Waals surface area contributed by atoms with E-state index in [1.54, 1.807) is 36.7 Å². The molecule has 0 aliphatic rings. The summed E-state index contributed by atoms with van der Waals surface area (Å²) < 4.78 is 10.6. The van der Waals surface area contributed by atoms with Crippen LogP contribution in [0.1, 0.15) is 11.3 Å². The van der Waals surface area contributed by atoms with E-state index in [4.69, 9.17) is 9.15 Å². The SMILES string of the molecule is COc1cc(C=NN=Cc2ccco2)cc(Br)c1O. The third-order valence-corrected chi connectivity index (χ3v) is 2.88. The fraction of sp³-hybridized carbons (Fsp3) is 0.0769. The van der Waals surface area contributed by atoms with Crippen LogP contribution in [-0.4, -0.2) is 24.6 Å². The summed E-state index contributed by atoms with van der Waals surface area (Å²) in [6.07, 6.45) is 4.61. The van der Waals surface area contributed by atoms with Gasteiger partial charge in [-0.25, -0.2) is 0 Å². The van der Waals surface area contributed by atoms with Crippen molar-refractivity contribution in [2.75, 3.05) is 7.11 Å². The van der Waals surface area contributed by atoms with Crippen molar-refractivity contribution < 1.29 is 14.3 Å². The monoisotopic (exact) mass is 322 g/mol. The van der Waals surface area contributed by atoms with E-state index in [1.165, 1.54) is 13.3 Å². The zero-order chi connectivity index (χ0) is 13.7. The van der Waals surface area contributed by atoms with Crippen LogP contribution in [0.15, 0.2) is 49.6 Å². The van der Waals surface area contributed by atoms with Gasteiger partial charge in [-0.1, -0.05) is 0 Å². The Bertz CT molecular complexity index is 607. The molecule has 0 atom stereocenters. The minimum absolute atomic E-state index is 0.0544. The zero-order valence-corrected chi connectivity index (χ0v) is 11.7. The number of benzene rings is 1. The van der Waals surface area contributed by atoms with Gasteiger partial charge in [0.2, 0.25) is 0 Å². The second kappa shape index (κ2) is 6.19. The molecule has 1 aromatic carbocycles. The highest BCUT2D eigenvalue weighted by Gasteiger charge is 2.07. The van der Waals surface area contributed by atoms with Crippen LogP contribution < -0.4 is 4.74 Å². The molecule has 0 amide bonds. The molecule has 1 N–H and O–H groups in total. The van der Waals surface area contributed by atoms with Crippen molar-refractivity contribution in [3.63, 3.8) is 0 Å². The van der Waals surface area contributed by atoms with Crippen LogP contribution >= 0.6 is 15.9 Å². The summed E-state index contributed by atoms with van der Waals surface area (Å²) in [5.74, 6) is 1.05. The summed E-state index contributed by atoms with van der Waals surface area (Å²) >= 11 is 3.23. The Balaban J connectivity index is 2.13. The van der Waals surface area contributed by atoms with Crippen molar-refractivity contribution in [2.24, 2.45) is 10.2 Å². The van der Waals surface area contributed by atoms with E-state index >= 15 is 0 Å². The third-order valence-electron chi connectivity index (χ3n) is 2.27. The van der Waals surface area contributed by atoms with Crippen molar-refractivity contribution in [1.29, 1.82) is 0 Å². The van der Waals surface area contributed by atoms with Gasteiger partial charge < -0.3 is 14.3 Å². The Kier molecular flexibility index (Phi) is 4.35. The molecule has 2 rings (SSSR count). The van der Waals surface area contributed by atoms with Gasteiger partial charge in [0.15, 0.2) is 11.5 Å². The lowest BCUT2D eigenvalue weighted by molar-refractivity contribution is 0.372. The van der Waals surface area contributed by atoms with Crippen LogP contribution in [0.3, 0.4) is 0 Å². The van der Waals surface area contributed by atoms with Crippen molar-refractivity contribution >= 4 is 28.4 Å². The molecule has 0 fully saturated rings. The van der Waals surface area contributed by atoms with Gasteiger partial charge in [-0.05, 0) is 45.8 Å². The summed E-state index contributed by atoms with van der Waals surface area (Å²) in [7, 11) is 1.48. The Hall–Kier alpha value is -2.08. The standard InChI is InChI=1S/C13H11BrN2O3/c1-18-12-6-9(5-11(14)13(12)17)7-15-16-8-10-3-2-4-19-10/h2-8,17H,1H3. The number of phenols is 1. The average molecular weight is 323 g/mol. The molecule has 0 saturated heterocycles. The largest absolute Gasteiger partial charge is 0.503 e. The number of rotatable bonds is 4. The van der Waals surface area contributed by atoms with Gasteiger partial charge in [0.25, 0.3) is 0 Å². The van der Waals surface area contributed by atoms with Gasteiger partial charge in [0.1, 0.15) is 5.76 Å². The predicted molar refractivity (Wildman–Crippen MR) is 76.3 cm³/mol. The highest BCUT2D eigenvalue weighted by atomic mass is 79.9. The summed E-state index contributed by atoms with van der Waals surface area (Å²) in [5, 5.41) is 17.4. The first-order valence-corrected chi connectivity index (χ1v) is 6.16. The molecule has 2 aromatic rings. The fourth-order valence-electron chi connectivity index (χ4n) is 1.38. The Labute approximate surface area is 118 Å². The fourth-order valence-corrected chi connectivity index (χ4v) is 1.84. The maximum Gasteiger partial charge on any atom is 0.172 e. The van der Waals surface area contributed by atoms with Crippen LogP contribution in [-0.2, 0) is 0 Å². The van der Waals surface area contributed by atoms with E-state index in [2.05, 4.69) is 26.1 Å². The number of nitrogens with zero attached hydrogens (tertiary/aromatic N) is 2. The minimum Gasteiger partial charge on any atom is -0.503 e. The highest BCUT2D eigenvalue weighted by Crippen LogP contribution is 2.34. The van der Waals surface area contributed by atoms with Gasteiger partial charge in [-0.2, -0.15) is 10.2 Å². The van der Waals surface area contributed by atoms with E-state index in [-0.39, 0.29) is 5.75 Å². The van der Waals surface area contributed by atoms with E-state index in [1.807, 2.05) is 0 Å². The Morgan fingerprint density at radius 1 is 1.32 bits per heavy atom. The van der Waals surface area contributed by atoms with Gasteiger partial charge in [0.05, 0.1) is 30.3 Å². The van der Waals surface area contributed by atoms with Crippen molar-refractivity contribution in [3.8, 4) is 11.5 Å². The van der Waals surface area contributed by atoms with Crippen LogP contribution in [0.5, 0.6) is 11.5 Å². The molecule has 1 aromatic heterocycles. The van der Waals surface area contributed by atoms with Gasteiger partial charge in [-0.15, -0.1) is 0 Å². The number of halogens is 1. The predicted octanol–water partition coefficient (Wildman–Crippen LogP) is 3.21. The number of methoxy groups -OCH3 is 1. The number of phenolic OH excluding ortho intramolecular Hbond substituents is 1. The Morgan fingerprint density at radius 3 is 2.79 bits per heavy atom. The molecule has 0 bridgehead atoms. The van der Waals surface area contributed by atoms with Crippen molar-refractivity contribution in [1.82, 2.24) is 0 Å². The lowest BCUT2D eigenvalue weighted by Gasteiger charge is -2.05. The third kappa shape index (κ3) is 3.45. The van der Waals surface area contributed by atoms with Crippen molar-refractivity contribution in [3.05, 3.63) is 46.3 Å². The zero-order valence-electron chi connectivity index (χ0n) is 10.1. The molecule has 0 spiro atoms. The molecule has 0 aliphatic carbocycles. The maximum absolute atomic E-state index is 9.66. The number of aromatic hydroxyl groups is 1. The molecule has 6 heteroatoms. The summed E-state index contributed by atoms with van der Waals surface area (Å²) in [4.78, 5) is 0. The molecule has 5 nitrogen and oxygen atoms in total. The van der Waals surface area contributed by atoms with Crippen LogP contribution in [0.2, 0.25) is 0 Å². The quantitative estimate of drug-likeness (QED) is 0.694. The van der Waals surface area contributed by atoms with Crippen LogP contribution in [0.25, 0.3) is 0 Å². The molecule has 0 unspecified atom stereocenters. The normalized spacial score (nSPS) is 11.5. The van der Waals surface area contributed by atoms with E-state index in [0.29, 0.717) is 16.0 Å². The molecule has 0 aliphatic heterocycles. The molecule has 0 radical (unpaired) electrons. The first-order chi connectivity index (χ1) is 9.20. The van der Waals surface area contributed by atoms with Crippen LogP contribution in [0, 0.1) is 0 Å². The maximum atomic E-state index is 9.66. The van der Waals surface area contributed by atoms with E-state index in [0.717, 1.165) is 5.56 Å². The first kappa shape index (κ1) is 13.4. The molecule has 1 heterocycles. The molecular weight excluding hydrogens is 312 g/mol. The second-order valence-electron chi connectivity index (χ2n) is 3.56. The lowest BCUT2D eigenvalue weighted by Crippen LogP contribution is -1.88. The average Bonchev–Trinajstić information content (AvgIpc) is 2.91. The number of hydrogen-bond acceptors (Lipinski definition) is 5. The minimum atomic E-state index is 0.0544. The molecule has 19 heavy (non-hydrogen) atoms. The van der Waals surface area contributed by atoms with Crippen molar-refractivity contribution in [2.45, 2.75) is 0 Å². The number of hydrogen-bond donors (Lipinski definition) is 1. The summed E-state index contributed by atoms with van der Waals surface area (Å²) in [5.41, 5.74) is 0.748. The van der Waals surface area contributed by atoms with Crippen LogP contribution in [0.4, 0.5) is 0 Å². The first-order valence-electron chi connectivity index (χ1n) is 5.37. The van der Waals surface area contributed by atoms with E-state index < -0.39 is 0 Å². The number of furan rings is 1. The van der Waals surface area contributed by atoms with E-state index in [9.17, 15) is 5.11 Å². The second-order valence-corrected chi connectivity index (χ2v) is 4.41. The summed E-state index contributed by atoms with van der Waals surface area (Å²) in [6.45, 7) is 0. The van der Waals surface area contributed by atoms with Gasteiger partial charge >= 0.3 is 0 Å². The smallest absolute Gasteiger partial charge is 0.172 e. The highest BCUT2D eigenvalue weighted by molar-refractivity contribution is 9.10. The molecule has 0 saturated carbocycles. The Morgan fingerprint density at radius 2 is 2.11 bits per heavy atom. The van der Waals surface area contributed by atoms with Gasteiger partial charge in [-0.3, -0.25) is 0 Å². The molecular formula is C13H11BrN2O3. The summed E-state index contributed by atoms with van der Waals surface area (Å²) in [6, 6.07) is 6.92. The molecule has 98 valence electrons.